The molecule has 0 heterocycles. The average molecular weight is 383 g/mol. The van der Waals surface area contributed by atoms with Crippen LogP contribution in [0.2, 0.25) is 0 Å². The first-order valence-corrected chi connectivity index (χ1v) is 9.20. The number of benzene rings is 2. The van der Waals surface area contributed by atoms with Gasteiger partial charge in [-0.15, -0.1) is 0 Å². The molecule has 0 fully saturated rings. The third kappa shape index (κ3) is 7.23. The standard InChI is InChI=1S/C22H25NO5/c1-16(2)12-13-23-20(24)14-28-21(25)15-27-19-10-8-18(9-11-19)22(26)17-6-4-3-5-7-17/h3-11,16H,12-15H2,1-2H3,(H,23,24). The number of amides is 1. The number of rotatable bonds is 10. The second kappa shape index (κ2) is 10.9. The Balaban J connectivity index is 1.73. The molecule has 6 heteroatoms. The summed E-state index contributed by atoms with van der Waals surface area (Å²) >= 11 is 0. The van der Waals surface area contributed by atoms with Gasteiger partial charge in [-0.1, -0.05) is 44.2 Å². The summed E-state index contributed by atoms with van der Waals surface area (Å²) in [6, 6.07) is 15.5. The fourth-order valence-corrected chi connectivity index (χ4v) is 2.34. The van der Waals surface area contributed by atoms with Crippen LogP contribution in [0.15, 0.2) is 54.6 Å². The molecule has 0 aromatic heterocycles. The van der Waals surface area contributed by atoms with Gasteiger partial charge in [-0.2, -0.15) is 0 Å². The van der Waals surface area contributed by atoms with E-state index in [2.05, 4.69) is 19.2 Å². The zero-order valence-corrected chi connectivity index (χ0v) is 16.1. The molecule has 1 amide bonds. The first-order valence-electron chi connectivity index (χ1n) is 9.20. The molecule has 148 valence electrons. The second-order valence-corrected chi connectivity index (χ2v) is 6.70. The maximum absolute atomic E-state index is 12.3. The summed E-state index contributed by atoms with van der Waals surface area (Å²) in [6.45, 7) is 4.04. The molecule has 0 atom stereocenters. The first-order chi connectivity index (χ1) is 13.5. The van der Waals surface area contributed by atoms with Crippen molar-refractivity contribution in [1.82, 2.24) is 5.32 Å². The summed E-state index contributed by atoms with van der Waals surface area (Å²) in [5, 5.41) is 2.68. The Kier molecular flexibility index (Phi) is 8.21. The molecule has 0 radical (unpaired) electrons. The molecule has 6 nitrogen and oxygen atoms in total. The molecular formula is C22H25NO5. The SMILES string of the molecule is CC(C)CCNC(=O)COC(=O)COc1ccc(C(=O)c2ccccc2)cc1. The van der Waals surface area contributed by atoms with Crippen LogP contribution >= 0.6 is 0 Å². The average Bonchev–Trinajstić information content (AvgIpc) is 2.71. The predicted molar refractivity (Wildman–Crippen MR) is 105 cm³/mol. The van der Waals surface area contributed by atoms with Crippen molar-refractivity contribution in [2.24, 2.45) is 5.92 Å². The van der Waals surface area contributed by atoms with Crippen molar-refractivity contribution >= 4 is 17.7 Å². The molecule has 0 aliphatic rings. The lowest BCUT2D eigenvalue weighted by Crippen LogP contribution is -2.31. The monoisotopic (exact) mass is 383 g/mol. The second-order valence-electron chi connectivity index (χ2n) is 6.70. The Morgan fingerprint density at radius 3 is 2.18 bits per heavy atom. The highest BCUT2D eigenvalue weighted by molar-refractivity contribution is 6.08. The van der Waals surface area contributed by atoms with Crippen molar-refractivity contribution in [1.29, 1.82) is 0 Å². The fourth-order valence-electron chi connectivity index (χ4n) is 2.34. The lowest BCUT2D eigenvalue weighted by molar-refractivity contribution is -0.150. The third-order valence-corrected chi connectivity index (χ3v) is 3.92. The largest absolute Gasteiger partial charge is 0.482 e. The molecule has 2 aromatic rings. The lowest BCUT2D eigenvalue weighted by atomic mass is 10.0. The molecule has 2 rings (SSSR count). The van der Waals surface area contributed by atoms with E-state index in [1.54, 1.807) is 48.5 Å². The summed E-state index contributed by atoms with van der Waals surface area (Å²) in [6.07, 6.45) is 0.867. The van der Waals surface area contributed by atoms with Gasteiger partial charge in [-0.3, -0.25) is 9.59 Å². The number of hydrogen-bond acceptors (Lipinski definition) is 5. The Bertz CT molecular complexity index is 784. The number of esters is 1. The lowest BCUT2D eigenvalue weighted by Gasteiger charge is -2.09. The van der Waals surface area contributed by atoms with Gasteiger partial charge in [0.1, 0.15) is 5.75 Å². The number of ether oxygens (including phenoxy) is 2. The quantitative estimate of drug-likeness (QED) is 0.504. The maximum Gasteiger partial charge on any atom is 0.344 e. The molecule has 0 aliphatic carbocycles. The van der Waals surface area contributed by atoms with E-state index in [1.165, 1.54) is 0 Å². The van der Waals surface area contributed by atoms with E-state index in [9.17, 15) is 14.4 Å². The van der Waals surface area contributed by atoms with Crippen molar-refractivity contribution in [3.63, 3.8) is 0 Å². The topological polar surface area (TPSA) is 81.7 Å². The fraction of sp³-hybridized carbons (Fsp3) is 0.318. The van der Waals surface area contributed by atoms with Crippen molar-refractivity contribution in [2.45, 2.75) is 20.3 Å². The van der Waals surface area contributed by atoms with Gasteiger partial charge in [0.15, 0.2) is 19.0 Å². The molecule has 0 unspecified atom stereocenters. The molecule has 2 aromatic carbocycles. The number of carbonyl (C=O) groups is 3. The van der Waals surface area contributed by atoms with Gasteiger partial charge in [0, 0.05) is 17.7 Å². The minimum absolute atomic E-state index is 0.0879. The maximum atomic E-state index is 12.3. The van der Waals surface area contributed by atoms with E-state index >= 15 is 0 Å². The van der Waals surface area contributed by atoms with Gasteiger partial charge in [0.25, 0.3) is 5.91 Å². The van der Waals surface area contributed by atoms with E-state index in [0.29, 0.717) is 29.3 Å². The molecule has 0 aliphatic heterocycles. The van der Waals surface area contributed by atoms with Crippen LogP contribution < -0.4 is 10.1 Å². The summed E-state index contributed by atoms with van der Waals surface area (Å²) in [5.74, 6) is -0.134. The Morgan fingerprint density at radius 2 is 1.54 bits per heavy atom. The zero-order chi connectivity index (χ0) is 20.4. The Labute approximate surface area is 164 Å². The number of ketones is 1. The van der Waals surface area contributed by atoms with Crippen LogP contribution in [-0.4, -0.2) is 37.4 Å². The predicted octanol–water partition coefficient (Wildman–Crippen LogP) is 3.00. The van der Waals surface area contributed by atoms with E-state index in [1.807, 2.05) is 6.07 Å². The molecule has 0 saturated heterocycles. The smallest absolute Gasteiger partial charge is 0.344 e. The molecule has 0 bridgehead atoms. The highest BCUT2D eigenvalue weighted by atomic mass is 16.6. The van der Waals surface area contributed by atoms with Gasteiger partial charge in [-0.05, 0) is 36.6 Å². The minimum atomic E-state index is -0.636. The van der Waals surface area contributed by atoms with E-state index < -0.39 is 5.97 Å². The van der Waals surface area contributed by atoms with Crippen molar-refractivity contribution in [3.05, 3.63) is 65.7 Å². The van der Waals surface area contributed by atoms with Crippen molar-refractivity contribution in [3.8, 4) is 5.75 Å². The molecule has 0 saturated carbocycles. The number of carbonyl (C=O) groups excluding carboxylic acids is 3. The third-order valence-electron chi connectivity index (χ3n) is 3.92. The van der Waals surface area contributed by atoms with Gasteiger partial charge < -0.3 is 14.8 Å². The summed E-state index contributed by atoms with van der Waals surface area (Å²) in [5.41, 5.74) is 1.13. The van der Waals surface area contributed by atoms with Crippen LogP contribution in [0.3, 0.4) is 0 Å². The summed E-state index contributed by atoms with van der Waals surface area (Å²) < 4.78 is 10.2. The van der Waals surface area contributed by atoms with Crippen LogP contribution in [0.1, 0.15) is 36.2 Å². The first kappa shape index (κ1) is 21.2. The van der Waals surface area contributed by atoms with Crippen LogP contribution in [0.25, 0.3) is 0 Å². The molecule has 1 N–H and O–H groups in total. The number of hydrogen-bond donors (Lipinski definition) is 1. The van der Waals surface area contributed by atoms with Gasteiger partial charge in [-0.25, -0.2) is 4.79 Å². The zero-order valence-electron chi connectivity index (χ0n) is 16.1. The Hall–Kier alpha value is -3.15. The van der Waals surface area contributed by atoms with Gasteiger partial charge in [0.2, 0.25) is 0 Å². The van der Waals surface area contributed by atoms with Crippen molar-refractivity contribution in [2.75, 3.05) is 19.8 Å². The van der Waals surface area contributed by atoms with Crippen LogP contribution in [-0.2, 0) is 14.3 Å². The van der Waals surface area contributed by atoms with E-state index in [-0.39, 0.29) is 24.9 Å². The van der Waals surface area contributed by atoms with Crippen LogP contribution in [0.5, 0.6) is 5.75 Å². The normalized spacial score (nSPS) is 10.4. The van der Waals surface area contributed by atoms with E-state index in [0.717, 1.165) is 6.42 Å². The highest BCUT2D eigenvalue weighted by Gasteiger charge is 2.10. The van der Waals surface area contributed by atoms with Gasteiger partial charge in [0.05, 0.1) is 0 Å². The summed E-state index contributed by atoms with van der Waals surface area (Å²) in [4.78, 5) is 35.6. The van der Waals surface area contributed by atoms with Gasteiger partial charge >= 0.3 is 5.97 Å². The number of nitrogens with one attached hydrogen (secondary N) is 1. The minimum Gasteiger partial charge on any atom is -0.482 e. The molecule has 28 heavy (non-hydrogen) atoms. The van der Waals surface area contributed by atoms with Crippen molar-refractivity contribution < 1.29 is 23.9 Å². The molecule has 0 spiro atoms. The highest BCUT2D eigenvalue weighted by Crippen LogP contribution is 2.15. The summed E-state index contributed by atoms with van der Waals surface area (Å²) in [7, 11) is 0. The van der Waals surface area contributed by atoms with Crippen LogP contribution in [0.4, 0.5) is 0 Å². The van der Waals surface area contributed by atoms with E-state index in [4.69, 9.17) is 9.47 Å². The van der Waals surface area contributed by atoms with Crippen LogP contribution in [0, 0.1) is 5.92 Å². The molecular weight excluding hydrogens is 358 g/mol. The Morgan fingerprint density at radius 1 is 0.893 bits per heavy atom.